The summed E-state index contributed by atoms with van der Waals surface area (Å²) in [6.45, 7) is 5.08. The Hall–Kier alpha value is -0.910. The summed E-state index contributed by atoms with van der Waals surface area (Å²) in [7, 11) is 1.68. The zero-order valence-corrected chi connectivity index (χ0v) is 10.4. The monoisotopic (exact) mass is 239 g/mol. The van der Waals surface area contributed by atoms with Gasteiger partial charge in [0.05, 0.1) is 26.1 Å². The number of hydrogen-bond acceptors (Lipinski definition) is 4. The standard InChI is InChI=1S/C12H21N3O2/c1-16-6-7-17-5-4-15-10-14-9-12(15)11-2-3-13-8-11/h9-11,13H,2-8H2,1H3. The minimum atomic E-state index is 0.608. The van der Waals surface area contributed by atoms with E-state index in [4.69, 9.17) is 9.47 Å². The lowest BCUT2D eigenvalue weighted by molar-refractivity contribution is 0.0663. The molecule has 1 atom stereocenters. The van der Waals surface area contributed by atoms with Crippen LogP contribution in [0.3, 0.4) is 0 Å². The molecule has 0 amide bonds. The van der Waals surface area contributed by atoms with E-state index in [1.807, 2.05) is 12.5 Å². The third-order valence-electron chi connectivity index (χ3n) is 3.13. The summed E-state index contributed by atoms with van der Waals surface area (Å²) in [5.74, 6) is 0.608. The lowest BCUT2D eigenvalue weighted by Gasteiger charge is -2.12. The van der Waals surface area contributed by atoms with Gasteiger partial charge < -0.3 is 19.4 Å². The SMILES string of the molecule is COCCOCCn1cncc1C1CCNC1. The first-order chi connectivity index (χ1) is 8.42. The first kappa shape index (κ1) is 12.5. The molecule has 5 nitrogen and oxygen atoms in total. The second kappa shape index (κ2) is 6.74. The van der Waals surface area contributed by atoms with E-state index in [1.165, 1.54) is 12.1 Å². The van der Waals surface area contributed by atoms with Gasteiger partial charge in [-0.2, -0.15) is 0 Å². The molecule has 1 aliphatic heterocycles. The van der Waals surface area contributed by atoms with Gasteiger partial charge in [-0.15, -0.1) is 0 Å². The van der Waals surface area contributed by atoms with Crippen LogP contribution in [0, 0.1) is 0 Å². The van der Waals surface area contributed by atoms with Crippen molar-refractivity contribution in [3.8, 4) is 0 Å². The van der Waals surface area contributed by atoms with Crippen LogP contribution >= 0.6 is 0 Å². The molecule has 2 rings (SSSR count). The van der Waals surface area contributed by atoms with E-state index in [0.29, 0.717) is 25.7 Å². The Labute approximate surface area is 102 Å². The lowest BCUT2D eigenvalue weighted by atomic mass is 10.1. The Balaban J connectivity index is 1.78. The first-order valence-corrected chi connectivity index (χ1v) is 6.19. The van der Waals surface area contributed by atoms with Crippen LogP contribution in [-0.2, 0) is 16.0 Å². The smallest absolute Gasteiger partial charge is 0.0949 e. The molecule has 0 bridgehead atoms. The van der Waals surface area contributed by atoms with E-state index in [9.17, 15) is 0 Å². The van der Waals surface area contributed by atoms with E-state index in [2.05, 4.69) is 14.9 Å². The molecule has 0 aromatic carbocycles. The van der Waals surface area contributed by atoms with Crippen LogP contribution in [0.5, 0.6) is 0 Å². The predicted octanol–water partition coefficient (Wildman–Crippen LogP) is 0.623. The maximum Gasteiger partial charge on any atom is 0.0949 e. The minimum Gasteiger partial charge on any atom is -0.382 e. The van der Waals surface area contributed by atoms with Crippen molar-refractivity contribution in [1.82, 2.24) is 14.9 Å². The Bertz CT molecular complexity index is 321. The van der Waals surface area contributed by atoms with E-state index in [-0.39, 0.29) is 0 Å². The topological polar surface area (TPSA) is 48.3 Å². The number of nitrogens with zero attached hydrogens (tertiary/aromatic N) is 2. The van der Waals surface area contributed by atoms with E-state index in [1.54, 1.807) is 7.11 Å². The zero-order chi connectivity index (χ0) is 11.9. The number of rotatable bonds is 7. The number of imidazole rings is 1. The van der Waals surface area contributed by atoms with Crippen molar-refractivity contribution in [3.05, 3.63) is 18.2 Å². The van der Waals surface area contributed by atoms with Gasteiger partial charge in [0, 0.05) is 38.0 Å². The van der Waals surface area contributed by atoms with Gasteiger partial charge in [-0.1, -0.05) is 0 Å². The molecule has 17 heavy (non-hydrogen) atoms. The molecular weight excluding hydrogens is 218 g/mol. The second-order valence-electron chi connectivity index (χ2n) is 4.31. The van der Waals surface area contributed by atoms with E-state index < -0.39 is 0 Å². The van der Waals surface area contributed by atoms with Crippen LogP contribution in [0.15, 0.2) is 12.5 Å². The highest BCUT2D eigenvalue weighted by atomic mass is 16.5. The van der Waals surface area contributed by atoms with Gasteiger partial charge in [-0.25, -0.2) is 4.98 Å². The number of hydrogen-bond donors (Lipinski definition) is 1. The maximum atomic E-state index is 5.48. The molecule has 96 valence electrons. The summed E-state index contributed by atoms with van der Waals surface area (Å²) in [5, 5.41) is 3.38. The number of aromatic nitrogens is 2. The quantitative estimate of drug-likeness (QED) is 0.709. The van der Waals surface area contributed by atoms with Crippen LogP contribution in [0.1, 0.15) is 18.0 Å². The summed E-state index contributed by atoms with van der Waals surface area (Å²) in [4.78, 5) is 4.24. The van der Waals surface area contributed by atoms with Crippen molar-refractivity contribution in [2.45, 2.75) is 18.9 Å². The third-order valence-corrected chi connectivity index (χ3v) is 3.13. The Kier molecular flexibility index (Phi) is 4.97. The second-order valence-corrected chi connectivity index (χ2v) is 4.31. The van der Waals surface area contributed by atoms with Gasteiger partial charge >= 0.3 is 0 Å². The van der Waals surface area contributed by atoms with Gasteiger partial charge in [0.15, 0.2) is 0 Å². The predicted molar refractivity (Wildman–Crippen MR) is 65.1 cm³/mol. The van der Waals surface area contributed by atoms with Crippen molar-refractivity contribution in [2.75, 3.05) is 40.0 Å². The van der Waals surface area contributed by atoms with Crippen molar-refractivity contribution in [1.29, 1.82) is 0 Å². The van der Waals surface area contributed by atoms with Crippen LogP contribution in [-0.4, -0.2) is 49.6 Å². The van der Waals surface area contributed by atoms with Crippen LogP contribution in [0.25, 0.3) is 0 Å². The highest BCUT2D eigenvalue weighted by Crippen LogP contribution is 2.21. The van der Waals surface area contributed by atoms with Gasteiger partial charge in [-0.05, 0) is 13.0 Å². The fourth-order valence-electron chi connectivity index (χ4n) is 2.17. The summed E-state index contributed by atoms with van der Waals surface area (Å²) in [6, 6.07) is 0. The fourth-order valence-corrected chi connectivity index (χ4v) is 2.17. The van der Waals surface area contributed by atoms with Crippen molar-refractivity contribution in [3.63, 3.8) is 0 Å². The Morgan fingerprint density at radius 3 is 3.18 bits per heavy atom. The largest absolute Gasteiger partial charge is 0.382 e. The summed E-state index contributed by atoms with van der Waals surface area (Å²) in [6.07, 6.45) is 5.08. The molecule has 1 saturated heterocycles. The molecule has 1 aromatic heterocycles. The fraction of sp³-hybridized carbons (Fsp3) is 0.750. The summed E-state index contributed by atoms with van der Waals surface area (Å²) in [5.41, 5.74) is 1.32. The number of methoxy groups -OCH3 is 1. The van der Waals surface area contributed by atoms with Gasteiger partial charge in [0.25, 0.3) is 0 Å². The zero-order valence-electron chi connectivity index (χ0n) is 10.4. The third kappa shape index (κ3) is 3.52. The molecule has 5 heteroatoms. The number of ether oxygens (including phenoxy) is 2. The highest BCUT2D eigenvalue weighted by molar-refractivity contribution is 5.09. The van der Waals surface area contributed by atoms with Crippen LogP contribution in [0.2, 0.25) is 0 Å². The number of nitrogens with one attached hydrogen (secondary N) is 1. The van der Waals surface area contributed by atoms with Gasteiger partial charge in [-0.3, -0.25) is 0 Å². The normalized spacial score (nSPS) is 19.9. The van der Waals surface area contributed by atoms with Crippen LogP contribution < -0.4 is 5.32 Å². The molecular formula is C12H21N3O2. The lowest BCUT2D eigenvalue weighted by Crippen LogP contribution is -2.14. The summed E-state index contributed by atoms with van der Waals surface area (Å²) >= 11 is 0. The molecule has 1 N–H and O–H groups in total. The van der Waals surface area contributed by atoms with Crippen LogP contribution in [0.4, 0.5) is 0 Å². The highest BCUT2D eigenvalue weighted by Gasteiger charge is 2.19. The maximum absolute atomic E-state index is 5.48. The minimum absolute atomic E-state index is 0.608. The molecule has 1 aromatic rings. The molecule has 0 spiro atoms. The van der Waals surface area contributed by atoms with Gasteiger partial charge in [0.1, 0.15) is 0 Å². The van der Waals surface area contributed by atoms with Crippen molar-refractivity contribution in [2.24, 2.45) is 0 Å². The molecule has 1 unspecified atom stereocenters. The van der Waals surface area contributed by atoms with Crippen molar-refractivity contribution < 1.29 is 9.47 Å². The summed E-state index contributed by atoms with van der Waals surface area (Å²) < 4.78 is 12.6. The first-order valence-electron chi connectivity index (χ1n) is 6.19. The van der Waals surface area contributed by atoms with E-state index >= 15 is 0 Å². The molecule has 2 heterocycles. The molecule has 0 saturated carbocycles. The Morgan fingerprint density at radius 2 is 2.41 bits per heavy atom. The van der Waals surface area contributed by atoms with Gasteiger partial charge in [0.2, 0.25) is 0 Å². The van der Waals surface area contributed by atoms with Crippen molar-refractivity contribution >= 4 is 0 Å². The molecule has 1 aliphatic rings. The average molecular weight is 239 g/mol. The molecule has 0 aliphatic carbocycles. The molecule has 0 radical (unpaired) electrons. The molecule has 1 fully saturated rings. The Morgan fingerprint density at radius 1 is 1.47 bits per heavy atom. The average Bonchev–Trinajstić information content (AvgIpc) is 2.98. The van der Waals surface area contributed by atoms with E-state index in [0.717, 1.165) is 19.6 Å².